The zero-order valence-electron chi connectivity index (χ0n) is 18.1. The smallest absolute Gasteiger partial charge is 0.355 e. The Morgan fingerprint density at radius 2 is 1.73 bits per heavy atom. The molecule has 0 saturated carbocycles. The molecule has 0 N–H and O–H groups in total. The van der Waals surface area contributed by atoms with E-state index in [1.54, 1.807) is 25.4 Å². The molecular formula is C25H21N3O4S. The number of aryl methyl sites for hydroxylation is 2. The van der Waals surface area contributed by atoms with Gasteiger partial charge in [-0.2, -0.15) is 0 Å². The second-order valence-electron chi connectivity index (χ2n) is 7.91. The zero-order valence-corrected chi connectivity index (χ0v) is 19.0. The van der Waals surface area contributed by atoms with E-state index in [4.69, 9.17) is 4.74 Å². The van der Waals surface area contributed by atoms with Crippen LogP contribution in [0.1, 0.15) is 21.6 Å². The molecule has 8 heteroatoms. The molecule has 0 aliphatic heterocycles. The summed E-state index contributed by atoms with van der Waals surface area (Å²) in [5.41, 5.74) is 1.44. The van der Waals surface area contributed by atoms with E-state index < -0.39 is 17.2 Å². The molecule has 0 unspecified atom stereocenters. The molecule has 0 amide bonds. The lowest BCUT2D eigenvalue weighted by Gasteiger charge is -2.10. The number of thiophene rings is 1. The molecule has 5 rings (SSSR count). The molecule has 33 heavy (non-hydrogen) atoms. The Morgan fingerprint density at radius 3 is 2.52 bits per heavy atom. The summed E-state index contributed by atoms with van der Waals surface area (Å²) in [4.78, 5) is 39.0. The summed E-state index contributed by atoms with van der Waals surface area (Å²) in [7, 11) is 3.24. The molecule has 5 aromatic rings. The molecule has 0 radical (unpaired) electrons. The van der Waals surface area contributed by atoms with Crippen LogP contribution in [0.2, 0.25) is 0 Å². The predicted octanol–water partition coefficient (Wildman–Crippen LogP) is 3.66. The molecule has 0 fully saturated rings. The largest absolute Gasteiger partial charge is 0.456 e. The van der Waals surface area contributed by atoms with Gasteiger partial charge in [0, 0.05) is 18.8 Å². The number of carbonyl (C=O) groups is 1. The van der Waals surface area contributed by atoms with E-state index in [-0.39, 0.29) is 18.8 Å². The molecule has 0 aliphatic rings. The standard InChI is InChI=1S/C25H21N3O4S/c1-26-20(24(30)32-15-17-8-9-18-10-11-33-21(18)12-17)13-19-22(26)27(2)25(31)28(23(19)29)14-16-6-4-3-5-7-16/h3-13H,14-15H2,1-2H3. The number of aromatic nitrogens is 3. The first-order valence-electron chi connectivity index (χ1n) is 10.4. The summed E-state index contributed by atoms with van der Waals surface area (Å²) < 4.78 is 10.8. The summed E-state index contributed by atoms with van der Waals surface area (Å²) in [6.07, 6.45) is 0. The highest BCUT2D eigenvalue weighted by Crippen LogP contribution is 2.23. The van der Waals surface area contributed by atoms with Gasteiger partial charge in [0.2, 0.25) is 0 Å². The maximum Gasteiger partial charge on any atom is 0.355 e. The van der Waals surface area contributed by atoms with Crippen LogP contribution >= 0.6 is 11.3 Å². The highest BCUT2D eigenvalue weighted by molar-refractivity contribution is 7.17. The third-order valence-electron chi connectivity index (χ3n) is 5.80. The van der Waals surface area contributed by atoms with E-state index >= 15 is 0 Å². The fourth-order valence-corrected chi connectivity index (χ4v) is 4.93. The maximum atomic E-state index is 13.2. The number of esters is 1. The minimum Gasteiger partial charge on any atom is -0.456 e. The van der Waals surface area contributed by atoms with Crippen LogP contribution < -0.4 is 11.2 Å². The van der Waals surface area contributed by atoms with Crippen molar-refractivity contribution in [2.75, 3.05) is 0 Å². The lowest BCUT2D eigenvalue weighted by Crippen LogP contribution is -2.39. The van der Waals surface area contributed by atoms with Crippen LogP contribution in [0.4, 0.5) is 0 Å². The van der Waals surface area contributed by atoms with Crippen molar-refractivity contribution in [3.63, 3.8) is 0 Å². The summed E-state index contributed by atoms with van der Waals surface area (Å²) >= 11 is 1.63. The van der Waals surface area contributed by atoms with E-state index in [0.29, 0.717) is 11.0 Å². The van der Waals surface area contributed by atoms with Crippen LogP contribution in [0.25, 0.3) is 21.1 Å². The van der Waals surface area contributed by atoms with Crippen LogP contribution in [-0.4, -0.2) is 19.7 Å². The molecule has 0 atom stereocenters. The van der Waals surface area contributed by atoms with Crippen LogP contribution in [-0.2, 0) is 32.0 Å². The highest BCUT2D eigenvalue weighted by atomic mass is 32.1. The van der Waals surface area contributed by atoms with Gasteiger partial charge < -0.3 is 9.30 Å². The van der Waals surface area contributed by atoms with Gasteiger partial charge in [-0.1, -0.05) is 42.5 Å². The molecule has 0 aliphatic carbocycles. The lowest BCUT2D eigenvalue weighted by atomic mass is 10.2. The molecule has 0 spiro atoms. The number of carbonyl (C=O) groups excluding carboxylic acids is 1. The van der Waals surface area contributed by atoms with Crippen molar-refractivity contribution in [2.45, 2.75) is 13.2 Å². The first-order chi connectivity index (χ1) is 15.9. The Kier molecular flexibility index (Phi) is 5.22. The van der Waals surface area contributed by atoms with Crippen LogP contribution in [0.5, 0.6) is 0 Å². The average molecular weight is 460 g/mol. The normalized spacial score (nSPS) is 11.3. The molecule has 2 aromatic carbocycles. The van der Waals surface area contributed by atoms with Crippen molar-refractivity contribution in [3.8, 4) is 0 Å². The first kappa shape index (κ1) is 21.0. The molecule has 3 aromatic heterocycles. The van der Waals surface area contributed by atoms with Crippen molar-refractivity contribution in [3.05, 3.63) is 104 Å². The maximum absolute atomic E-state index is 13.2. The quantitative estimate of drug-likeness (QED) is 0.376. The molecule has 0 saturated heterocycles. The third-order valence-corrected chi connectivity index (χ3v) is 6.67. The van der Waals surface area contributed by atoms with Gasteiger partial charge in [0.25, 0.3) is 5.56 Å². The van der Waals surface area contributed by atoms with Gasteiger partial charge in [0.15, 0.2) is 0 Å². The molecular weight excluding hydrogens is 438 g/mol. The topological polar surface area (TPSA) is 75.2 Å². The fraction of sp³-hybridized carbons (Fsp3) is 0.160. The monoisotopic (exact) mass is 459 g/mol. The number of ether oxygens (including phenoxy) is 1. The number of nitrogens with zero attached hydrogens (tertiary/aromatic N) is 3. The first-order valence-corrected chi connectivity index (χ1v) is 11.3. The van der Waals surface area contributed by atoms with E-state index in [9.17, 15) is 14.4 Å². The fourth-order valence-electron chi connectivity index (χ4n) is 4.07. The van der Waals surface area contributed by atoms with Crippen molar-refractivity contribution >= 4 is 38.4 Å². The van der Waals surface area contributed by atoms with E-state index in [1.165, 1.54) is 19.8 Å². The highest BCUT2D eigenvalue weighted by Gasteiger charge is 2.21. The van der Waals surface area contributed by atoms with Crippen LogP contribution in [0.15, 0.2) is 75.6 Å². The molecule has 7 nitrogen and oxygen atoms in total. The van der Waals surface area contributed by atoms with Crippen LogP contribution in [0.3, 0.4) is 0 Å². The lowest BCUT2D eigenvalue weighted by molar-refractivity contribution is 0.0462. The van der Waals surface area contributed by atoms with Gasteiger partial charge in [0.05, 0.1) is 11.9 Å². The van der Waals surface area contributed by atoms with Gasteiger partial charge in [-0.05, 0) is 40.1 Å². The van der Waals surface area contributed by atoms with Gasteiger partial charge in [0.1, 0.15) is 17.9 Å². The Morgan fingerprint density at radius 1 is 0.939 bits per heavy atom. The minimum atomic E-state index is -0.554. The predicted molar refractivity (Wildman–Crippen MR) is 129 cm³/mol. The number of hydrogen-bond donors (Lipinski definition) is 0. The molecule has 166 valence electrons. The Labute approximate surface area is 192 Å². The van der Waals surface area contributed by atoms with Gasteiger partial charge >= 0.3 is 11.7 Å². The molecule has 3 heterocycles. The van der Waals surface area contributed by atoms with E-state index in [1.807, 2.05) is 60.0 Å². The Hall–Kier alpha value is -3.91. The van der Waals surface area contributed by atoms with Crippen molar-refractivity contribution in [1.29, 1.82) is 0 Å². The van der Waals surface area contributed by atoms with Crippen molar-refractivity contribution in [2.24, 2.45) is 14.1 Å². The van der Waals surface area contributed by atoms with E-state index in [0.717, 1.165) is 21.2 Å². The Balaban J connectivity index is 1.48. The van der Waals surface area contributed by atoms with Crippen molar-refractivity contribution in [1.82, 2.24) is 13.7 Å². The summed E-state index contributed by atoms with van der Waals surface area (Å²) in [6.45, 7) is 0.271. The number of hydrogen-bond acceptors (Lipinski definition) is 5. The third kappa shape index (κ3) is 3.68. The SMILES string of the molecule is Cn1c(C(=O)OCc2ccc3ccsc3c2)cc2c(=O)n(Cc3ccccc3)c(=O)n(C)c21. The summed E-state index contributed by atoms with van der Waals surface area (Å²) in [5, 5.41) is 3.46. The van der Waals surface area contributed by atoms with Crippen LogP contribution in [0, 0.1) is 0 Å². The van der Waals surface area contributed by atoms with E-state index in [2.05, 4.69) is 0 Å². The number of benzene rings is 2. The second kappa shape index (κ2) is 8.22. The summed E-state index contributed by atoms with van der Waals surface area (Å²) in [6, 6.07) is 18.8. The molecule has 0 bridgehead atoms. The van der Waals surface area contributed by atoms with Gasteiger partial charge in [-0.25, -0.2) is 9.59 Å². The van der Waals surface area contributed by atoms with Gasteiger partial charge in [-0.3, -0.25) is 13.9 Å². The number of fused-ring (bicyclic) bond motifs is 2. The number of rotatable bonds is 5. The second-order valence-corrected chi connectivity index (χ2v) is 8.86. The Bertz CT molecular complexity index is 1620. The summed E-state index contributed by atoms with van der Waals surface area (Å²) in [5.74, 6) is -0.554. The van der Waals surface area contributed by atoms with Crippen molar-refractivity contribution < 1.29 is 9.53 Å². The zero-order chi connectivity index (χ0) is 23.1. The average Bonchev–Trinajstić information content (AvgIpc) is 3.43. The minimum absolute atomic E-state index is 0.116. The van der Waals surface area contributed by atoms with Gasteiger partial charge in [-0.15, -0.1) is 11.3 Å².